The van der Waals surface area contributed by atoms with Crippen LogP contribution in [0, 0.1) is 5.92 Å². The van der Waals surface area contributed by atoms with Gasteiger partial charge in [-0.25, -0.2) is 4.79 Å². The van der Waals surface area contributed by atoms with Gasteiger partial charge < -0.3 is 14.5 Å². The maximum absolute atomic E-state index is 12.5. The van der Waals surface area contributed by atoms with Crippen molar-refractivity contribution in [2.24, 2.45) is 5.92 Å². The Hall–Kier alpha value is -1.26. The smallest absolute Gasteiger partial charge is 0.320 e. The lowest BCUT2D eigenvalue weighted by molar-refractivity contribution is -0.149. The van der Waals surface area contributed by atoms with Crippen molar-refractivity contribution in [3.63, 3.8) is 0 Å². The fourth-order valence-corrected chi connectivity index (χ4v) is 3.07. The summed E-state index contributed by atoms with van der Waals surface area (Å²) in [7, 11) is 0. The largest absolute Gasteiger partial charge is 0.466 e. The first kappa shape index (κ1) is 15.1. The van der Waals surface area contributed by atoms with E-state index in [4.69, 9.17) is 4.74 Å². The van der Waals surface area contributed by atoms with E-state index in [0.717, 1.165) is 45.3 Å². The van der Waals surface area contributed by atoms with E-state index in [2.05, 4.69) is 0 Å². The molecule has 2 fully saturated rings. The average Bonchev–Trinajstić information content (AvgIpc) is 2.76. The van der Waals surface area contributed by atoms with E-state index >= 15 is 0 Å². The summed E-state index contributed by atoms with van der Waals surface area (Å²) in [6.45, 7) is 5.24. The molecule has 2 saturated heterocycles. The predicted octanol–water partition coefficient (Wildman–Crippen LogP) is 2.26. The molecule has 0 aromatic rings. The summed E-state index contributed by atoms with van der Waals surface area (Å²) in [4.78, 5) is 28.2. The third-order valence-corrected chi connectivity index (χ3v) is 4.19. The van der Waals surface area contributed by atoms with Crippen molar-refractivity contribution in [1.29, 1.82) is 0 Å². The van der Waals surface area contributed by atoms with Gasteiger partial charge in [0.15, 0.2) is 0 Å². The molecule has 2 heterocycles. The number of carbonyl (C=O) groups is 2. The minimum absolute atomic E-state index is 0.112. The number of hydrogen-bond acceptors (Lipinski definition) is 3. The zero-order valence-corrected chi connectivity index (χ0v) is 12.5. The molecule has 2 aliphatic rings. The zero-order valence-electron chi connectivity index (χ0n) is 12.5. The normalized spacial score (nSPS) is 24.1. The van der Waals surface area contributed by atoms with Gasteiger partial charge in [-0.1, -0.05) is 12.8 Å². The van der Waals surface area contributed by atoms with Crippen LogP contribution in [0.1, 0.15) is 45.4 Å². The molecule has 1 atom stereocenters. The molecule has 0 aliphatic carbocycles. The van der Waals surface area contributed by atoms with Crippen molar-refractivity contribution in [1.82, 2.24) is 9.80 Å². The van der Waals surface area contributed by atoms with Crippen molar-refractivity contribution in [2.45, 2.75) is 45.4 Å². The second kappa shape index (κ2) is 7.50. The van der Waals surface area contributed by atoms with Gasteiger partial charge in [-0.2, -0.15) is 0 Å². The number of urea groups is 1. The third-order valence-electron chi connectivity index (χ3n) is 4.19. The molecule has 114 valence electrons. The van der Waals surface area contributed by atoms with Crippen molar-refractivity contribution in [3.8, 4) is 0 Å². The van der Waals surface area contributed by atoms with Crippen molar-refractivity contribution in [3.05, 3.63) is 0 Å². The molecule has 0 unspecified atom stereocenters. The quantitative estimate of drug-likeness (QED) is 0.730. The maximum Gasteiger partial charge on any atom is 0.320 e. The van der Waals surface area contributed by atoms with Crippen LogP contribution in [0.4, 0.5) is 4.79 Å². The molecule has 20 heavy (non-hydrogen) atoms. The Balaban J connectivity index is 1.90. The Morgan fingerprint density at radius 1 is 1.00 bits per heavy atom. The van der Waals surface area contributed by atoms with Crippen LogP contribution in [0.15, 0.2) is 0 Å². The number of esters is 1. The van der Waals surface area contributed by atoms with Gasteiger partial charge in [0.1, 0.15) is 0 Å². The number of likely N-dealkylation sites (tertiary alicyclic amines) is 2. The van der Waals surface area contributed by atoms with Gasteiger partial charge in [-0.05, 0) is 32.6 Å². The van der Waals surface area contributed by atoms with Crippen LogP contribution in [0.2, 0.25) is 0 Å². The van der Waals surface area contributed by atoms with Gasteiger partial charge in [-0.3, -0.25) is 4.79 Å². The van der Waals surface area contributed by atoms with Crippen molar-refractivity contribution < 1.29 is 14.3 Å². The number of ether oxygens (including phenoxy) is 1. The van der Waals surface area contributed by atoms with E-state index in [9.17, 15) is 9.59 Å². The number of carbonyl (C=O) groups excluding carboxylic acids is 2. The average molecular weight is 282 g/mol. The van der Waals surface area contributed by atoms with E-state index in [0.29, 0.717) is 13.2 Å². The van der Waals surface area contributed by atoms with Gasteiger partial charge in [0.05, 0.1) is 12.5 Å². The van der Waals surface area contributed by atoms with Crippen LogP contribution in [-0.4, -0.2) is 54.6 Å². The first-order valence-electron chi connectivity index (χ1n) is 7.93. The fourth-order valence-electron chi connectivity index (χ4n) is 3.07. The van der Waals surface area contributed by atoms with Crippen LogP contribution >= 0.6 is 0 Å². The van der Waals surface area contributed by atoms with Crippen LogP contribution in [0.3, 0.4) is 0 Å². The lowest BCUT2D eigenvalue weighted by atomic mass is 9.98. The summed E-state index contributed by atoms with van der Waals surface area (Å²) in [6.07, 6.45) is 6.36. The molecule has 0 saturated carbocycles. The Morgan fingerprint density at radius 3 is 2.30 bits per heavy atom. The Bertz CT molecular complexity index is 338. The van der Waals surface area contributed by atoms with Crippen LogP contribution in [-0.2, 0) is 9.53 Å². The molecule has 5 nitrogen and oxygen atoms in total. The molecule has 5 heteroatoms. The Morgan fingerprint density at radius 2 is 1.65 bits per heavy atom. The summed E-state index contributed by atoms with van der Waals surface area (Å²) in [6, 6.07) is 0.112. The first-order valence-corrected chi connectivity index (χ1v) is 7.93. The second-order valence-electron chi connectivity index (χ2n) is 5.72. The number of hydrogen-bond donors (Lipinski definition) is 0. The van der Waals surface area contributed by atoms with E-state index < -0.39 is 0 Å². The highest BCUT2D eigenvalue weighted by molar-refractivity contribution is 5.77. The summed E-state index contributed by atoms with van der Waals surface area (Å²) in [5.41, 5.74) is 0. The topological polar surface area (TPSA) is 49.9 Å². The molecule has 0 bridgehead atoms. The molecule has 2 aliphatic heterocycles. The molecule has 2 rings (SSSR count). The Labute approximate surface area is 121 Å². The highest BCUT2D eigenvalue weighted by Crippen LogP contribution is 2.20. The molecule has 0 radical (unpaired) electrons. The van der Waals surface area contributed by atoms with Crippen LogP contribution in [0.5, 0.6) is 0 Å². The predicted molar refractivity (Wildman–Crippen MR) is 76.4 cm³/mol. The third kappa shape index (κ3) is 3.87. The summed E-state index contributed by atoms with van der Waals surface area (Å²) in [5, 5.41) is 0. The van der Waals surface area contributed by atoms with E-state index in [1.54, 1.807) is 0 Å². The standard InChI is InChI=1S/C15H26N2O3/c1-2-20-14(18)13-8-7-11-17(12-13)15(19)16-9-5-3-4-6-10-16/h13H,2-12H2,1H3/t13-/m1/s1. The molecule has 0 aromatic heterocycles. The SMILES string of the molecule is CCOC(=O)[C@@H]1CCCN(C(=O)N2CCCCCC2)C1. The summed E-state index contributed by atoms with van der Waals surface area (Å²) < 4.78 is 5.08. The monoisotopic (exact) mass is 282 g/mol. The van der Waals surface area contributed by atoms with E-state index in [1.165, 1.54) is 12.8 Å². The van der Waals surface area contributed by atoms with Gasteiger partial charge in [0, 0.05) is 26.2 Å². The molecular weight excluding hydrogens is 256 g/mol. The highest BCUT2D eigenvalue weighted by Gasteiger charge is 2.31. The molecule has 0 spiro atoms. The van der Waals surface area contributed by atoms with E-state index in [1.807, 2.05) is 16.7 Å². The fraction of sp³-hybridized carbons (Fsp3) is 0.867. The molecule has 2 amide bonds. The first-order chi connectivity index (χ1) is 9.72. The van der Waals surface area contributed by atoms with Gasteiger partial charge in [0.25, 0.3) is 0 Å². The number of rotatable bonds is 2. The van der Waals surface area contributed by atoms with Crippen molar-refractivity contribution >= 4 is 12.0 Å². The van der Waals surface area contributed by atoms with Crippen LogP contribution < -0.4 is 0 Å². The van der Waals surface area contributed by atoms with Gasteiger partial charge in [-0.15, -0.1) is 0 Å². The lowest BCUT2D eigenvalue weighted by Crippen LogP contribution is -2.49. The minimum atomic E-state index is -0.152. The van der Waals surface area contributed by atoms with Crippen molar-refractivity contribution in [2.75, 3.05) is 32.8 Å². The number of nitrogens with zero attached hydrogens (tertiary/aromatic N) is 2. The lowest BCUT2D eigenvalue weighted by Gasteiger charge is -2.35. The summed E-state index contributed by atoms with van der Waals surface area (Å²) in [5.74, 6) is -0.291. The maximum atomic E-state index is 12.5. The highest BCUT2D eigenvalue weighted by atomic mass is 16.5. The zero-order chi connectivity index (χ0) is 14.4. The minimum Gasteiger partial charge on any atom is -0.466 e. The summed E-state index contributed by atoms with van der Waals surface area (Å²) >= 11 is 0. The molecule has 0 aromatic carbocycles. The Kier molecular flexibility index (Phi) is 5.68. The van der Waals surface area contributed by atoms with Gasteiger partial charge >= 0.3 is 12.0 Å². The molecule has 0 N–H and O–H groups in total. The molecular formula is C15H26N2O3. The number of piperidine rings is 1. The van der Waals surface area contributed by atoms with Crippen LogP contribution in [0.25, 0.3) is 0 Å². The van der Waals surface area contributed by atoms with Gasteiger partial charge in [0.2, 0.25) is 0 Å². The van der Waals surface area contributed by atoms with E-state index in [-0.39, 0.29) is 17.9 Å². The second-order valence-corrected chi connectivity index (χ2v) is 5.72. The number of amides is 2.